The Morgan fingerprint density at radius 2 is 1.66 bits per heavy atom. The number of para-hydroxylation sites is 1. The molecule has 2 aromatic carbocycles. The normalized spacial score (nSPS) is 17.0. The van der Waals surface area contributed by atoms with Crippen molar-refractivity contribution in [3.8, 4) is 0 Å². The van der Waals surface area contributed by atoms with Gasteiger partial charge in [0, 0.05) is 41.2 Å². The number of rotatable bonds is 13. The number of nitrogens with zero attached hydrogens (tertiary/aromatic N) is 2. The first kappa shape index (κ1) is 29.2. The fourth-order valence-corrected chi connectivity index (χ4v) is 8.26. The molecule has 0 spiro atoms. The van der Waals surface area contributed by atoms with E-state index in [4.69, 9.17) is 0 Å². The number of nitrogens with one attached hydrogen (secondary N) is 2. The molecular formula is C33H36N4O2S2. The van der Waals surface area contributed by atoms with Crippen molar-refractivity contribution in [2.75, 3.05) is 16.4 Å². The molecule has 3 N–H and O–H groups in total. The number of carbonyl (C=O) groups excluding carboxylic acids is 1. The molecule has 0 saturated carbocycles. The fourth-order valence-electron chi connectivity index (χ4n) is 5.23. The molecule has 1 fully saturated rings. The van der Waals surface area contributed by atoms with E-state index in [9.17, 15) is 9.90 Å². The summed E-state index contributed by atoms with van der Waals surface area (Å²) in [6.45, 7) is 0. The number of hydrogen-bond acceptors (Lipinski definition) is 7. The second kappa shape index (κ2) is 15.1. The molecule has 0 aliphatic carbocycles. The number of anilines is 2. The summed E-state index contributed by atoms with van der Waals surface area (Å²) in [5.74, 6) is 1.42. The van der Waals surface area contributed by atoms with Gasteiger partial charge in [-0.1, -0.05) is 88.7 Å². The monoisotopic (exact) mass is 584 g/mol. The van der Waals surface area contributed by atoms with E-state index >= 15 is 0 Å². The Balaban J connectivity index is 1.44. The Bertz CT molecular complexity index is 1360. The molecule has 6 nitrogen and oxygen atoms in total. The number of aliphatic hydroxyl groups excluding tert-OH is 1. The van der Waals surface area contributed by atoms with E-state index in [-0.39, 0.29) is 5.91 Å². The molecule has 1 unspecified atom stereocenters. The summed E-state index contributed by atoms with van der Waals surface area (Å²) in [4.78, 5) is 22.3. The van der Waals surface area contributed by atoms with Gasteiger partial charge < -0.3 is 15.7 Å². The SMILES string of the molecule is O=C(CCCCC1CCSS1)Nc1ccccc1[C@@H](Nc1ccccn1)[C@H](c1ccccn1)[C@H](O)c1ccccc1. The van der Waals surface area contributed by atoms with Gasteiger partial charge in [-0.3, -0.25) is 9.78 Å². The topological polar surface area (TPSA) is 87.1 Å². The predicted molar refractivity (Wildman–Crippen MR) is 171 cm³/mol. The van der Waals surface area contributed by atoms with E-state index in [0.29, 0.717) is 12.2 Å². The van der Waals surface area contributed by atoms with E-state index in [1.165, 1.54) is 18.6 Å². The molecule has 1 amide bonds. The number of carbonyl (C=O) groups is 1. The van der Waals surface area contributed by atoms with Gasteiger partial charge in [0.1, 0.15) is 5.82 Å². The van der Waals surface area contributed by atoms with Gasteiger partial charge >= 0.3 is 0 Å². The second-order valence-corrected chi connectivity index (χ2v) is 13.0. The average molecular weight is 585 g/mol. The number of aliphatic hydroxyl groups is 1. The molecule has 4 atom stereocenters. The summed E-state index contributed by atoms with van der Waals surface area (Å²) >= 11 is 0. The number of pyridine rings is 2. The minimum absolute atomic E-state index is 0.000445. The van der Waals surface area contributed by atoms with Crippen LogP contribution in [0.3, 0.4) is 0 Å². The number of aromatic nitrogens is 2. The molecule has 4 aromatic rings. The summed E-state index contributed by atoms with van der Waals surface area (Å²) < 4.78 is 0. The van der Waals surface area contributed by atoms with Gasteiger partial charge in [-0.25, -0.2) is 4.98 Å². The molecule has 1 aliphatic heterocycles. The summed E-state index contributed by atoms with van der Waals surface area (Å²) in [5, 5.41) is 19.3. The lowest BCUT2D eigenvalue weighted by molar-refractivity contribution is -0.116. The van der Waals surface area contributed by atoms with Gasteiger partial charge in [0.15, 0.2) is 0 Å². The number of hydrogen-bond donors (Lipinski definition) is 3. The smallest absolute Gasteiger partial charge is 0.224 e. The van der Waals surface area contributed by atoms with Crippen molar-refractivity contribution in [1.82, 2.24) is 9.97 Å². The third-order valence-electron chi connectivity index (χ3n) is 7.32. The number of benzene rings is 2. The summed E-state index contributed by atoms with van der Waals surface area (Å²) in [6, 6.07) is 28.4. The zero-order valence-electron chi connectivity index (χ0n) is 22.9. The third kappa shape index (κ3) is 8.12. The summed E-state index contributed by atoms with van der Waals surface area (Å²) in [5.41, 5.74) is 3.10. The first-order valence-electron chi connectivity index (χ1n) is 14.2. The first-order valence-corrected chi connectivity index (χ1v) is 16.6. The van der Waals surface area contributed by atoms with Crippen molar-refractivity contribution in [3.63, 3.8) is 0 Å². The van der Waals surface area contributed by atoms with Crippen molar-refractivity contribution < 1.29 is 9.90 Å². The molecule has 3 heterocycles. The van der Waals surface area contributed by atoms with Crippen molar-refractivity contribution in [1.29, 1.82) is 0 Å². The van der Waals surface area contributed by atoms with Gasteiger partial charge in [-0.15, -0.1) is 0 Å². The van der Waals surface area contributed by atoms with Gasteiger partial charge in [0.2, 0.25) is 5.91 Å². The van der Waals surface area contributed by atoms with Gasteiger partial charge in [-0.05, 0) is 60.7 Å². The minimum Gasteiger partial charge on any atom is -0.388 e. The third-order valence-corrected chi connectivity index (χ3v) is 10.3. The first-order chi connectivity index (χ1) is 20.2. The van der Waals surface area contributed by atoms with Gasteiger partial charge in [0.25, 0.3) is 0 Å². The van der Waals surface area contributed by atoms with Crippen molar-refractivity contribution in [2.24, 2.45) is 0 Å². The van der Waals surface area contributed by atoms with Crippen LogP contribution in [0.1, 0.15) is 67.0 Å². The fraction of sp³-hybridized carbons (Fsp3) is 0.303. The van der Waals surface area contributed by atoms with Crippen LogP contribution in [0.25, 0.3) is 0 Å². The lowest BCUT2D eigenvalue weighted by Gasteiger charge is -2.33. The lowest BCUT2D eigenvalue weighted by Crippen LogP contribution is -2.27. The Hall–Kier alpha value is -3.33. The average Bonchev–Trinajstić information content (AvgIpc) is 3.54. The molecule has 5 rings (SSSR count). The van der Waals surface area contributed by atoms with Crippen molar-refractivity contribution >= 4 is 39.0 Å². The van der Waals surface area contributed by atoms with Crippen LogP contribution < -0.4 is 10.6 Å². The molecule has 1 saturated heterocycles. The van der Waals surface area contributed by atoms with Crippen LogP contribution in [0, 0.1) is 0 Å². The molecule has 1 aliphatic rings. The van der Waals surface area contributed by atoms with Crippen LogP contribution in [0.15, 0.2) is 103 Å². The maximum Gasteiger partial charge on any atom is 0.224 e. The maximum absolute atomic E-state index is 13.1. The van der Waals surface area contributed by atoms with E-state index in [1.54, 1.807) is 12.4 Å². The Morgan fingerprint density at radius 3 is 2.39 bits per heavy atom. The summed E-state index contributed by atoms with van der Waals surface area (Å²) in [6.07, 6.45) is 7.45. The minimum atomic E-state index is -0.873. The highest BCUT2D eigenvalue weighted by Gasteiger charge is 2.35. The highest BCUT2D eigenvalue weighted by Crippen LogP contribution is 2.44. The molecule has 212 valence electrons. The molecule has 2 aromatic heterocycles. The van der Waals surface area contributed by atoms with E-state index < -0.39 is 18.1 Å². The van der Waals surface area contributed by atoms with Crippen molar-refractivity contribution in [2.45, 2.75) is 55.4 Å². The Labute approximate surface area is 250 Å². The second-order valence-electron chi connectivity index (χ2n) is 10.2. The molecule has 0 bridgehead atoms. The number of amides is 1. The molecule has 41 heavy (non-hydrogen) atoms. The molecular weight excluding hydrogens is 549 g/mol. The van der Waals surface area contributed by atoms with Crippen LogP contribution >= 0.6 is 21.6 Å². The quantitative estimate of drug-likeness (QED) is 0.109. The van der Waals surface area contributed by atoms with Crippen LogP contribution in [0.2, 0.25) is 0 Å². The van der Waals surface area contributed by atoms with E-state index in [2.05, 4.69) is 20.6 Å². The zero-order chi connectivity index (χ0) is 28.3. The van der Waals surface area contributed by atoms with E-state index in [1.807, 2.05) is 113 Å². The Morgan fingerprint density at radius 1 is 0.902 bits per heavy atom. The Kier molecular flexibility index (Phi) is 10.7. The van der Waals surface area contributed by atoms with Crippen LogP contribution in [-0.2, 0) is 4.79 Å². The van der Waals surface area contributed by atoms with Crippen LogP contribution in [0.5, 0.6) is 0 Å². The van der Waals surface area contributed by atoms with Crippen molar-refractivity contribution in [3.05, 3.63) is 120 Å². The molecule has 0 radical (unpaired) electrons. The van der Waals surface area contributed by atoms with Gasteiger partial charge in [-0.2, -0.15) is 0 Å². The lowest BCUT2D eigenvalue weighted by atomic mass is 9.82. The predicted octanol–water partition coefficient (Wildman–Crippen LogP) is 7.80. The summed E-state index contributed by atoms with van der Waals surface area (Å²) in [7, 11) is 3.95. The number of unbranched alkanes of at least 4 members (excludes halogenated alkanes) is 1. The largest absolute Gasteiger partial charge is 0.388 e. The van der Waals surface area contributed by atoms with E-state index in [0.717, 1.165) is 40.6 Å². The molecule has 8 heteroatoms. The van der Waals surface area contributed by atoms with Crippen LogP contribution in [0.4, 0.5) is 11.5 Å². The van der Waals surface area contributed by atoms with Crippen LogP contribution in [-0.4, -0.2) is 32.0 Å². The highest BCUT2D eigenvalue weighted by atomic mass is 33.1. The highest BCUT2D eigenvalue weighted by molar-refractivity contribution is 8.77. The maximum atomic E-state index is 13.1. The van der Waals surface area contributed by atoms with Gasteiger partial charge in [0.05, 0.1) is 18.1 Å². The standard InChI is InChI=1S/C33H36N4O2S2/c38-30(19-7-4-14-25-20-23-40-41-25)36-27-16-6-5-15-26(27)32(37-29-18-9-11-22-35-29)31(28-17-8-10-21-34-28)33(39)24-12-2-1-3-13-24/h1-3,5-6,8-13,15-18,21-22,25,31-33,39H,4,7,14,19-20,23H2,(H,35,37)(H,36,38)/t25?,31-,32+,33+/m0/s1. The zero-order valence-corrected chi connectivity index (χ0v) is 24.6.